The summed E-state index contributed by atoms with van der Waals surface area (Å²) in [7, 11) is 0. The minimum absolute atomic E-state index is 0.00161. The first-order chi connectivity index (χ1) is 10.5. The van der Waals surface area contributed by atoms with E-state index in [-0.39, 0.29) is 18.1 Å². The quantitative estimate of drug-likeness (QED) is 0.869. The van der Waals surface area contributed by atoms with Gasteiger partial charge in [-0.2, -0.15) is 5.10 Å². The lowest BCUT2D eigenvalue weighted by molar-refractivity contribution is -0.136. The number of carbonyl (C=O) groups is 1. The molecule has 1 aliphatic heterocycles. The summed E-state index contributed by atoms with van der Waals surface area (Å²) in [5.41, 5.74) is 1.44. The first-order valence-corrected chi connectivity index (χ1v) is 7.05. The first kappa shape index (κ1) is 14.6. The number of alkyl halides is 2. The zero-order valence-electron chi connectivity index (χ0n) is 12.1. The third kappa shape index (κ3) is 2.84. The molecule has 0 aromatic carbocycles. The normalized spacial score (nSPS) is 15.2. The molecule has 0 spiro atoms. The van der Waals surface area contributed by atoms with Gasteiger partial charge in [0.1, 0.15) is 12.2 Å². The van der Waals surface area contributed by atoms with Crippen molar-refractivity contribution < 1.29 is 13.6 Å². The van der Waals surface area contributed by atoms with Gasteiger partial charge < -0.3 is 4.90 Å². The van der Waals surface area contributed by atoms with Crippen LogP contribution in [0.2, 0.25) is 0 Å². The highest BCUT2D eigenvalue weighted by Gasteiger charge is 2.31. The maximum absolute atomic E-state index is 12.6. The number of amides is 1. The standard InChI is InChI=1S/C15H16F2N4O/c1-10-6-13(15(16)17)19-21(10)9-14(22)20-7-12(8-20)11-2-4-18-5-3-11/h2-6,12,15H,7-9H2,1H3. The zero-order chi connectivity index (χ0) is 15.7. The molecule has 1 aliphatic rings. The summed E-state index contributed by atoms with van der Waals surface area (Å²) in [6, 6.07) is 5.20. The Labute approximate surface area is 126 Å². The number of hydrogen-bond acceptors (Lipinski definition) is 3. The molecule has 0 atom stereocenters. The molecule has 0 radical (unpaired) electrons. The van der Waals surface area contributed by atoms with Gasteiger partial charge in [0, 0.05) is 37.1 Å². The van der Waals surface area contributed by atoms with Crippen molar-refractivity contribution in [3.8, 4) is 0 Å². The van der Waals surface area contributed by atoms with Crippen LogP contribution in [0.15, 0.2) is 30.6 Å². The average molecular weight is 306 g/mol. The highest BCUT2D eigenvalue weighted by Crippen LogP contribution is 2.26. The number of hydrogen-bond donors (Lipinski definition) is 0. The third-order valence-corrected chi connectivity index (χ3v) is 3.92. The molecule has 22 heavy (non-hydrogen) atoms. The molecule has 1 fully saturated rings. The Kier molecular flexibility index (Phi) is 3.87. The number of rotatable bonds is 4. The summed E-state index contributed by atoms with van der Waals surface area (Å²) in [6.07, 6.45) is 0.854. The topological polar surface area (TPSA) is 51.0 Å². The number of aryl methyl sites for hydroxylation is 1. The Morgan fingerprint density at radius 3 is 2.64 bits per heavy atom. The predicted molar refractivity (Wildman–Crippen MR) is 75.5 cm³/mol. The summed E-state index contributed by atoms with van der Waals surface area (Å²) in [4.78, 5) is 17.9. The molecule has 116 valence electrons. The van der Waals surface area contributed by atoms with Crippen molar-refractivity contribution in [2.75, 3.05) is 13.1 Å². The van der Waals surface area contributed by atoms with Crippen LogP contribution in [-0.2, 0) is 11.3 Å². The Morgan fingerprint density at radius 2 is 2.05 bits per heavy atom. The van der Waals surface area contributed by atoms with E-state index in [9.17, 15) is 13.6 Å². The predicted octanol–water partition coefficient (Wildman–Crippen LogP) is 2.15. The lowest BCUT2D eigenvalue weighted by Gasteiger charge is -2.39. The maximum atomic E-state index is 12.6. The Balaban J connectivity index is 1.58. The van der Waals surface area contributed by atoms with Crippen LogP contribution in [-0.4, -0.2) is 38.7 Å². The van der Waals surface area contributed by atoms with Crippen molar-refractivity contribution in [2.45, 2.75) is 25.8 Å². The molecular formula is C15H16F2N4O. The van der Waals surface area contributed by atoms with Gasteiger partial charge in [0.25, 0.3) is 6.43 Å². The van der Waals surface area contributed by atoms with E-state index in [0.29, 0.717) is 24.7 Å². The summed E-state index contributed by atoms with van der Waals surface area (Å²) >= 11 is 0. The molecule has 2 aromatic rings. The molecule has 0 N–H and O–H groups in total. The van der Waals surface area contributed by atoms with E-state index in [4.69, 9.17) is 0 Å². The van der Waals surface area contributed by atoms with Gasteiger partial charge in [0.2, 0.25) is 5.91 Å². The number of likely N-dealkylation sites (tertiary alicyclic amines) is 1. The minimum atomic E-state index is -2.62. The number of nitrogens with zero attached hydrogens (tertiary/aromatic N) is 4. The van der Waals surface area contributed by atoms with Gasteiger partial charge in [-0.1, -0.05) is 0 Å². The van der Waals surface area contributed by atoms with Crippen molar-refractivity contribution in [1.29, 1.82) is 0 Å². The highest BCUT2D eigenvalue weighted by atomic mass is 19.3. The molecule has 3 heterocycles. The van der Waals surface area contributed by atoms with E-state index < -0.39 is 6.43 Å². The number of halogens is 2. The van der Waals surface area contributed by atoms with Crippen molar-refractivity contribution in [1.82, 2.24) is 19.7 Å². The lowest BCUT2D eigenvalue weighted by atomic mass is 9.92. The molecule has 0 unspecified atom stereocenters. The van der Waals surface area contributed by atoms with Gasteiger partial charge in [0.15, 0.2) is 0 Å². The largest absolute Gasteiger partial charge is 0.340 e. The molecule has 0 aliphatic carbocycles. The molecule has 5 nitrogen and oxygen atoms in total. The summed E-state index contributed by atoms with van der Waals surface area (Å²) in [5, 5.41) is 3.78. The van der Waals surface area contributed by atoms with Crippen molar-refractivity contribution in [3.63, 3.8) is 0 Å². The fraction of sp³-hybridized carbons (Fsp3) is 0.400. The Bertz CT molecular complexity index is 665. The van der Waals surface area contributed by atoms with Crippen LogP contribution in [0.1, 0.15) is 29.3 Å². The van der Waals surface area contributed by atoms with Gasteiger partial charge in [-0.05, 0) is 30.7 Å². The van der Waals surface area contributed by atoms with Crippen molar-refractivity contribution in [3.05, 3.63) is 47.5 Å². The third-order valence-electron chi connectivity index (χ3n) is 3.92. The Morgan fingerprint density at radius 1 is 1.36 bits per heavy atom. The van der Waals surface area contributed by atoms with E-state index in [1.165, 1.54) is 10.7 Å². The van der Waals surface area contributed by atoms with Gasteiger partial charge in [-0.15, -0.1) is 0 Å². The van der Waals surface area contributed by atoms with Gasteiger partial charge in [-0.25, -0.2) is 8.78 Å². The minimum Gasteiger partial charge on any atom is -0.340 e. The summed E-state index contributed by atoms with van der Waals surface area (Å²) in [6.45, 7) is 2.96. The lowest BCUT2D eigenvalue weighted by Crippen LogP contribution is -2.49. The van der Waals surface area contributed by atoms with Crippen molar-refractivity contribution >= 4 is 5.91 Å². The van der Waals surface area contributed by atoms with E-state index >= 15 is 0 Å². The fourth-order valence-corrected chi connectivity index (χ4v) is 2.56. The summed E-state index contributed by atoms with van der Waals surface area (Å²) in [5.74, 6) is 0.222. The second kappa shape index (κ2) is 5.82. The summed E-state index contributed by atoms with van der Waals surface area (Å²) < 4.78 is 26.5. The molecule has 3 rings (SSSR count). The van der Waals surface area contributed by atoms with E-state index in [1.807, 2.05) is 12.1 Å². The van der Waals surface area contributed by atoms with Crippen LogP contribution in [0.4, 0.5) is 8.78 Å². The van der Waals surface area contributed by atoms with Crippen molar-refractivity contribution in [2.24, 2.45) is 0 Å². The average Bonchev–Trinajstić information content (AvgIpc) is 2.80. The zero-order valence-corrected chi connectivity index (χ0v) is 12.1. The molecule has 0 bridgehead atoms. The van der Waals surface area contributed by atoms with E-state index in [1.54, 1.807) is 24.2 Å². The van der Waals surface area contributed by atoms with Gasteiger partial charge in [-0.3, -0.25) is 14.5 Å². The number of carbonyl (C=O) groups excluding carboxylic acids is 1. The number of aromatic nitrogens is 3. The van der Waals surface area contributed by atoms with Crippen LogP contribution in [0.3, 0.4) is 0 Å². The molecule has 1 amide bonds. The first-order valence-electron chi connectivity index (χ1n) is 7.05. The maximum Gasteiger partial charge on any atom is 0.282 e. The number of pyridine rings is 1. The SMILES string of the molecule is Cc1cc(C(F)F)nn1CC(=O)N1CC(c2ccncc2)C1. The fourth-order valence-electron chi connectivity index (χ4n) is 2.56. The second-order valence-corrected chi connectivity index (χ2v) is 5.45. The molecular weight excluding hydrogens is 290 g/mol. The smallest absolute Gasteiger partial charge is 0.282 e. The van der Waals surface area contributed by atoms with Crippen LogP contribution < -0.4 is 0 Å². The van der Waals surface area contributed by atoms with E-state index in [2.05, 4.69) is 10.1 Å². The van der Waals surface area contributed by atoms with Gasteiger partial charge in [0.05, 0.1) is 0 Å². The van der Waals surface area contributed by atoms with Crippen LogP contribution >= 0.6 is 0 Å². The Hall–Kier alpha value is -2.31. The second-order valence-electron chi connectivity index (χ2n) is 5.45. The van der Waals surface area contributed by atoms with E-state index in [0.717, 1.165) is 5.56 Å². The van der Waals surface area contributed by atoms with Crippen LogP contribution in [0.25, 0.3) is 0 Å². The molecule has 1 saturated heterocycles. The molecule has 7 heteroatoms. The van der Waals surface area contributed by atoms with Gasteiger partial charge >= 0.3 is 0 Å². The monoisotopic (exact) mass is 306 g/mol. The van der Waals surface area contributed by atoms with Crippen LogP contribution in [0, 0.1) is 6.92 Å². The molecule has 2 aromatic heterocycles. The molecule has 0 saturated carbocycles. The van der Waals surface area contributed by atoms with Crippen LogP contribution in [0.5, 0.6) is 0 Å². The highest BCUT2D eigenvalue weighted by molar-refractivity contribution is 5.77.